The standard InChI is InChI=1S/C15H20Br2N2O2/c1-2-21-14-12(16)7-10(8-13(14)17)9-18-5-6-19-15(20)11-3-4-11/h7-8,11,18H,2-6,9H2,1H3,(H,19,20). The highest BCUT2D eigenvalue weighted by atomic mass is 79.9. The molecule has 0 aromatic heterocycles. The van der Waals surface area contributed by atoms with Crippen molar-refractivity contribution in [3.8, 4) is 5.75 Å². The molecule has 4 nitrogen and oxygen atoms in total. The average molecular weight is 420 g/mol. The third-order valence-corrected chi connectivity index (χ3v) is 4.40. The Kier molecular flexibility index (Phi) is 6.51. The average Bonchev–Trinajstić information content (AvgIpc) is 3.27. The first-order valence-electron chi connectivity index (χ1n) is 7.21. The van der Waals surface area contributed by atoms with Gasteiger partial charge in [-0.15, -0.1) is 0 Å². The number of hydrogen-bond donors (Lipinski definition) is 2. The first kappa shape index (κ1) is 16.8. The topological polar surface area (TPSA) is 50.4 Å². The van der Waals surface area contributed by atoms with Crippen molar-refractivity contribution in [2.75, 3.05) is 19.7 Å². The molecule has 0 atom stereocenters. The monoisotopic (exact) mass is 418 g/mol. The Bertz CT molecular complexity index is 481. The lowest BCUT2D eigenvalue weighted by atomic mass is 10.2. The predicted molar refractivity (Wildman–Crippen MR) is 90.5 cm³/mol. The number of halogens is 2. The van der Waals surface area contributed by atoms with Gasteiger partial charge in [-0.1, -0.05) is 0 Å². The highest BCUT2D eigenvalue weighted by Crippen LogP contribution is 2.34. The van der Waals surface area contributed by atoms with Crippen LogP contribution in [-0.2, 0) is 11.3 Å². The molecule has 0 bridgehead atoms. The number of carbonyl (C=O) groups is 1. The Morgan fingerprint density at radius 1 is 1.29 bits per heavy atom. The summed E-state index contributed by atoms with van der Waals surface area (Å²) in [7, 11) is 0. The third-order valence-electron chi connectivity index (χ3n) is 3.23. The van der Waals surface area contributed by atoms with E-state index in [2.05, 4.69) is 42.5 Å². The van der Waals surface area contributed by atoms with Crippen molar-refractivity contribution in [1.29, 1.82) is 0 Å². The van der Waals surface area contributed by atoms with Crippen molar-refractivity contribution in [3.63, 3.8) is 0 Å². The maximum absolute atomic E-state index is 11.5. The molecular formula is C15H20Br2N2O2. The minimum Gasteiger partial charge on any atom is -0.492 e. The van der Waals surface area contributed by atoms with Crippen LogP contribution >= 0.6 is 31.9 Å². The molecule has 6 heteroatoms. The van der Waals surface area contributed by atoms with Crippen LogP contribution in [0.25, 0.3) is 0 Å². The number of ether oxygens (including phenoxy) is 1. The van der Waals surface area contributed by atoms with Gasteiger partial charge >= 0.3 is 0 Å². The molecule has 0 spiro atoms. The van der Waals surface area contributed by atoms with Gasteiger partial charge in [0, 0.05) is 25.6 Å². The molecule has 0 heterocycles. The Hall–Kier alpha value is -0.590. The molecule has 1 amide bonds. The normalized spacial score (nSPS) is 14.0. The molecule has 1 fully saturated rings. The second-order valence-electron chi connectivity index (χ2n) is 5.06. The van der Waals surface area contributed by atoms with Gasteiger partial charge in [0.1, 0.15) is 5.75 Å². The molecule has 1 aliphatic rings. The SMILES string of the molecule is CCOc1c(Br)cc(CNCCNC(=O)C2CC2)cc1Br. The maximum atomic E-state index is 11.5. The number of hydrogen-bond acceptors (Lipinski definition) is 3. The lowest BCUT2D eigenvalue weighted by Gasteiger charge is -2.12. The van der Waals surface area contributed by atoms with E-state index in [9.17, 15) is 4.79 Å². The molecule has 0 saturated heterocycles. The number of amides is 1. The van der Waals surface area contributed by atoms with E-state index in [0.717, 1.165) is 46.2 Å². The van der Waals surface area contributed by atoms with E-state index >= 15 is 0 Å². The quantitative estimate of drug-likeness (QED) is 0.636. The summed E-state index contributed by atoms with van der Waals surface area (Å²) in [6.07, 6.45) is 2.10. The summed E-state index contributed by atoms with van der Waals surface area (Å²) in [5.41, 5.74) is 1.16. The third kappa shape index (κ3) is 5.27. The Morgan fingerprint density at radius 3 is 2.52 bits per heavy atom. The lowest BCUT2D eigenvalue weighted by molar-refractivity contribution is -0.122. The van der Waals surface area contributed by atoms with E-state index in [1.54, 1.807) is 0 Å². The predicted octanol–water partition coefficient (Wildman–Crippen LogP) is 3.23. The van der Waals surface area contributed by atoms with Gasteiger partial charge in [-0.25, -0.2) is 0 Å². The number of rotatable bonds is 8. The molecule has 1 saturated carbocycles. The minimum atomic E-state index is 0.198. The van der Waals surface area contributed by atoms with Gasteiger partial charge in [0.15, 0.2) is 0 Å². The van der Waals surface area contributed by atoms with Crippen LogP contribution in [0.3, 0.4) is 0 Å². The molecule has 0 aliphatic heterocycles. The van der Waals surface area contributed by atoms with Crippen molar-refractivity contribution in [3.05, 3.63) is 26.6 Å². The number of nitrogens with one attached hydrogen (secondary N) is 2. The van der Waals surface area contributed by atoms with E-state index in [4.69, 9.17) is 4.74 Å². The smallest absolute Gasteiger partial charge is 0.223 e. The molecule has 1 aromatic carbocycles. The van der Waals surface area contributed by atoms with Crippen LogP contribution < -0.4 is 15.4 Å². The molecule has 21 heavy (non-hydrogen) atoms. The van der Waals surface area contributed by atoms with Crippen LogP contribution in [0.4, 0.5) is 0 Å². The van der Waals surface area contributed by atoms with Gasteiger partial charge in [0.25, 0.3) is 0 Å². The second kappa shape index (κ2) is 8.15. The van der Waals surface area contributed by atoms with Crippen molar-refractivity contribution in [2.45, 2.75) is 26.3 Å². The largest absolute Gasteiger partial charge is 0.492 e. The molecule has 0 unspecified atom stereocenters. The number of benzene rings is 1. The van der Waals surface area contributed by atoms with Gasteiger partial charge in [-0.2, -0.15) is 0 Å². The van der Waals surface area contributed by atoms with Crippen LogP contribution in [-0.4, -0.2) is 25.6 Å². The summed E-state index contributed by atoms with van der Waals surface area (Å²) in [5.74, 6) is 1.31. The highest BCUT2D eigenvalue weighted by molar-refractivity contribution is 9.11. The second-order valence-corrected chi connectivity index (χ2v) is 6.77. The highest BCUT2D eigenvalue weighted by Gasteiger charge is 2.28. The molecule has 2 N–H and O–H groups in total. The molecule has 1 aliphatic carbocycles. The fraction of sp³-hybridized carbons (Fsp3) is 0.533. The van der Waals surface area contributed by atoms with Gasteiger partial charge in [0.05, 0.1) is 15.6 Å². The zero-order chi connectivity index (χ0) is 15.2. The van der Waals surface area contributed by atoms with Gasteiger partial charge in [0.2, 0.25) is 5.91 Å². The summed E-state index contributed by atoms with van der Waals surface area (Å²) in [4.78, 5) is 11.5. The maximum Gasteiger partial charge on any atom is 0.223 e. The zero-order valence-corrected chi connectivity index (χ0v) is 15.2. The molecular weight excluding hydrogens is 400 g/mol. The summed E-state index contributed by atoms with van der Waals surface area (Å²) in [6.45, 7) is 4.79. The van der Waals surface area contributed by atoms with E-state index in [1.807, 2.05) is 19.1 Å². The van der Waals surface area contributed by atoms with Crippen LogP contribution in [0.1, 0.15) is 25.3 Å². The summed E-state index contributed by atoms with van der Waals surface area (Å²) < 4.78 is 7.44. The van der Waals surface area contributed by atoms with Crippen LogP contribution in [0, 0.1) is 5.92 Å². The van der Waals surface area contributed by atoms with Crippen LogP contribution in [0.2, 0.25) is 0 Å². The van der Waals surface area contributed by atoms with E-state index in [0.29, 0.717) is 13.2 Å². The minimum absolute atomic E-state index is 0.198. The Morgan fingerprint density at radius 2 is 1.95 bits per heavy atom. The van der Waals surface area contributed by atoms with Crippen LogP contribution in [0.5, 0.6) is 5.75 Å². The van der Waals surface area contributed by atoms with Crippen LogP contribution in [0.15, 0.2) is 21.1 Å². The molecule has 2 rings (SSSR count). The van der Waals surface area contributed by atoms with Crippen molar-refractivity contribution in [1.82, 2.24) is 10.6 Å². The van der Waals surface area contributed by atoms with Crippen molar-refractivity contribution >= 4 is 37.8 Å². The van der Waals surface area contributed by atoms with Crippen molar-refractivity contribution < 1.29 is 9.53 Å². The first-order valence-corrected chi connectivity index (χ1v) is 8.79. The number of carbonyl (C=O) groups excluding carboxylic acids is 1. The Balaban J connectivity index is 1.73. The van der Waals surface area contributed by atoms with E-state index in [-0.39, 0.29) is 11.8 Å². The molecule has 1 aromatic rings. The van der Waals surface area contributed by atoms with Gasteiger partial charge in [-0.3, -0.25) is 4.79 Å². The molecule has 116 valence electrons. The van der Waals surface area contributed by atoms with E-state index in [1.165, 1.54) is 0 Å². The summed E-state index contributed by atoms with van der Waals surface area (Å²) >= 11 is 7.05. The Labute approximate surface area is 142 Å². The summed E-state index contributed by atoms with van der Waals surface area (Å²) in [6, 6.07) is 4.09. The first-order chi connectivity index (χ1) is 10.1. The zero-order valence-electron chi connectivity index (χ0n) is 12.0. The fourth-order valence-corrected chi connectivity index (χ4v) is 3.50. The van der Waals surface area contributed by atoms with Gasteiger partial charge in [-0.05, 0) is 69.3 Å². The van der Waals surface area contributed by atoms with Crippen molar-refractivity contribution in [2.24, 2.45) is 5.92 Å². The summed E-state index contributed by atoms with van der Waals surface area (Å²) in [5, 5.41) is 6.26. The van der Waals surface area contributed by atoms with E-state index < -0.39 is 0 Å². The fourth-order valence-electron chi connectivity index (χ4n) is 1.99. The lowest BCUT2D eigenvalue weighted by Crippen LogP contribution is -2.32. The molecule has 0 radical (unpaired) electrons. The van der Waals surface area contributed by atoms with Gasteiger partial charge < -0.3 is 15.4 Å².